The number of halogens is 2. The maximum absolute atomic E-state index is 14.3. The zero-order valence-electron chi connectivity index (χ0n) is 12.3. The molecule has 2 aromatic rings. The lowest BCUT2D eigenvalue weighted by atomic mass is 10.2. The predicted octanol–water partition coefficient (Wildman–Crippen LogP) is 2.25. The third kappa shape index (κ3) is 3.27. The van der Waals surface area contributed by atoms with Crippen LogP contribution in [0.25, 0.3) is 0 Å². The maximum Gasteiger partial charge on any atom is 0.253 e. The van der Waals surface area contributed by atoms with Gasteiger partial charge in [0.2, 0.25) is 5.95 Å². The van der Waals surface area contributed by atoms with Crippen LogP contribution in [-0.4, -0.2) is 35.6 Å². The number of hydrogen-bond donors (Lipinski definition) is 1. The Bertz CT molecular complexity index is 839. The first-order chi connectivity index (χ1) is 11.6. The Kier molecular flexibility index (Phi) is 4.55. The molecule has 0 atom stereocenters. The van der Waals surface area contributed by atoms with Gasteiger partial charge in [-0.15, -0.1) is 0 Å². The summed E-state index contributed by atoms with van der Waals surface area (Å²) in [5.74, 6) is -0.729. The smallest absolute Gasteiger partial charge is 0.253 e. The van der Waals surface area contributed by atoms with E-state index in [9.17, 15) is 9.18 Å². The molecule has 1 aliphatic heterocycles. The molecule has 0 aliphatic carbocycles. The monoisotopic (exact) mass is 347 g/mol. The number of ether oxygens (including phenoxy) is 1. The average molecular weight is 348 g/mol. The fourth-order valence-corrected chi connectivity index (χ4v) is 2.35. The highest BCUT2D eigenvalue weighted by Crippen LogP contribution is 2.25. The van der Waals surface area contributed by atoms with E-state index in [2.05, 4.69) is 15.3 Å². The Hall–Kier alpha value is -2.76. The van der Waals surface area contributed by atoms with Gasteiger partial charge >= 0.3 is 0 Å². The number of nitrogens with zero attached hydrogens (tertiary/aromatic N) is 4. The van der Waals surface area contributed by atoms with Crippen LogP contribution >= 0.6 is 11.6 Å². The minimum Gasteiger partial charge on any atom is -0.370 e. The molecule has 1 amide bonds. The number of morpholine rings is 1. The summed E-state index contributed by atoms with van der Waals surface area (Å²) in [7, 11) is 0. The SMILES string of the molecule is N#Cc1cnc(Nc2ccc(N3CCOCC3=O)cc2F)nc1Cl. The molecule has 24 heavy (non-hydrogen) atoms. The molecule has 1 N–H and O–H groups in total. The van der Waals surface area contributed by atoms with E-state index in [0.29, 0.717) is 18.8 Å². The quantitative estimate of drug-likeness (QED) is 0.856. The molecule has 0 radical (unpaired) electrons. The summed E-state index contributed by atoms with van der Waals surface area (Å²) in [6.45, 7) is 0.767. The highest BCUT2D eigenvalue weighted by atomic mass is 35.5. The lowest BCUT2D eigenvalue weighted by Crippen LogP contribution is -2.41. The standard InChI is InChI=1S/C15H11ClFN5O2/c16-14-9(6-18)7-19-15(21-14)20-12-2-1-10(5-11(12)17)22-3-4-24-8-13(22)23/h1-2,5,7H,3-4,8H2,(H,19,20,21). The number of rotatable bonds is 3. The molecule has 1 fully saturated rings. The lowest BCUT2D eigenvalue weighted by Gasteiger charge is -2.27. The number of aromatic nitrogens is 2. The fourth-order valence-electron chi connectivity index (χ4n) is 2.18. The largest absolute Gasteiger partial charge is 0.370 e. The van der Waals surface area contributed by atoms with Gasteiger partial charge in [0, 0.05) is 12.2 Å². The van der Waals surface area contributed by atoms with Gasteiger partial charge in [0.25, 0.3) is 5.91 Å². The number of nitriles is 1. The van der Waals surface area contributed by atoms with E-state index in [1.807, 2.05) is 6.07 Å². The molecule has 0 saturated carbocycles. The van der Waals surface area contributed by atoms with Gasteiger partial charge in [-0.25, -0.2) is 9.37 Å². The minimum absolute atomic E-state index is 0.0147. The predicted molar refractivity (Wildman–Crippen MR) is 84.6 cm³/mol. The van der Waals surface area contributed by atoms with E-state index in [1.165, 1.54) is 23.2 Å². The van der Waals surface area contributed by atoms with Gasteiger partial charge in [0.05, 0.1) is 18.5 Å². The highest BCUT2D eigenvalue weighted by Gasteiger charge is 2.21. The summed E-state index contributed by atoms with van der Waals surface area (Å²) in [6.07, 6.45) is 1.25. The van der Waals surface area contributed by atoms with Crippen LogP contribution in [0.2, 0.25) is 5.15 Å². The van der Waals surface area contributed by atoms with E-state index >= 15 is 0 Å². The van der Waals surface area contributed by atoms with E-state index in [0.717, 1.165) is 0 Å². The van der Waals surface area contributed by atoms with Crippen LogP contribution in [0.1, 0.15) is 5.56 Å². The topological polar surface area (TPSA) is 91.1 Å². The van der Waals surface area contributed by atoms with Crippen LogP contribution in [-0.2, 0) is 9.53 Å². The molecule has 122 valence electrons. The number of hydrogen-bond acceptors (Lipinski definition) is 6. The van der Waals surface area contributed by atoms with Crippen molar-refractivity contribution in [3.05, 3.63) is 40.9 Å². The molecule has 9 heteroatoms. The van der Waals surface area contributed by atoms with Gasteiger partial charge < -0.3 is 15.0 Å². The third-order valence-corrected chi connectivity index (χ3v) is 3.65. The second kappa shape index (κ2) is 6.78. The Balaban J connectivity index is 1.81. The first-order valence-corrected chi connectivity index (χ1v) is 7.33. The third-order valence-electron chi connectivity index (χ3n) is 3.36. The molecule has 1 aromatic heterocycles. The Morgan fingerprint density at radius 3 is 2.96 bits per heavy atom. The van der Waals surface area contributed by atoms with Crippen molar-refractivity contribution in [3.63, 3.8) is 0 Å². The lowest BCUT2D eigenvalue weighted by molar-refractivity contribution is -0.125. The van der Waals surface area contributed by atoms with Crippen LogP contribution in [0.3, 0.4) is 0 Å². The van der Waals surface area contributed by atoms with Crippen LogP contribution in [0.4, 0.5) is 21.7 Å². The molecule has 2 heterocycles. The van der Waals surface area contributed by atoms with Crippen molar-refractivity contribution in [1.29, 1.82) is 5.26 Å². The van der Waals surface area contributed by atoms with E-state index in [-0.39, 0.29) is 34.9 Å². The molecular formula is C15H11ClFN5O2. The van der Waals surface area contributed by atoms with Crippen molar-refractivity contribution in [1.82, 2.24) is 9.97 Å². The van der Waals surface area contributed by atoms with E-state index in [4.69, 9.17) is 21.6 Å². The average Bonchev–Trinajstić information content (AvgIpc) is 2.57. The summed E-state index contributed by atoms with van der Waals surface area (Å²) < 4.78 is 19.3. The van der Waals surface area contributed by atoms with Crippen LogP contribution in [0.5, 0.6) is 0 Å². The number of benzene rings is 1. The number of nitrogens with one attached hydrogen (secondary N) is 1. The molecule has 1 aliphatic rings. The molecule has 7 nitrogen and oxygen atoms in total. The van der Waals surface area contributed by atoms with Crippen molar-refractivity contribution >= 4 is 34.8 Å². The summed E-state index contributed by atoms with van der Waals surface area (Å²) in [6, 6.07) is 6.17. The number of amides is 1. The van der Waals surface area contributed by atoms with Gasteiger partial charge in [-0.3, -0.25) is 4.79 Å². The van der Waals surface area contributed by atoms with E-state index < -0.39 is 5.82 Å². The maximum atomic E-state index is 14.3. The number of carbonyl (C=O) groups is 1. The summed E-state index contributed by atoms with van der Waals surface area (Å²) >= 11 is 5.82. The number of anilines is 3. The van der Waals surface area contributed by atoms with Gasteiger partial charge in [0.1, 0.15) is 24.1 Å². The van der Waals surface area contributed by atoms with Gasteiger partial charge in [-0.2, -0.15) is 10.2 Å². The fraction of sp³-hybridized carbons (Fsp3) is 0.200. The Labute approximate surface area is 141 Å². The summed E-state index contributed by atoms with van der Waals surface area (Å²) in [5.41, 5.74) is 0.703. The Morgan fingerprint density at radius 2 is 2.29 bits per heavy atom. The first kappa shape index (κ1) is 16.1. The highest BCUT2D eigenvalue weighted by molar-refractivity contribution is 6.30. The van der Waals surface area contributed by atoms with Crippen molar-refractivity contribution in [2.45, 2.75) is 0 Å². The second-order valence-corrected chi connectivity index (χ2v) is 5.26. The van der Waals surface area contributed by atoms with Crippen LogP contribution in [0, 0.1) is 17.1 Å². The van der Waals surface area contributed by atoms with Crippen molar-refractivity contribution in [3.8, 4) is 6.07 Å². The molecule has 1 saturated heterocycles. The normalized spacial score (nSPS) is 14.4. The van der Waals surface area contributed by atoms with Gasteiger partial charge in [0.15, 0.2) is 5.15 Å². The molecule has 0 bridgehead atoms. The number of carbonyl (C=O) groups excluding carboxylic acids is 1. The molecule has 0 unspecified atom stereocenters. The molecule has 0 spiro atoms. The van der Waals surface area contributed by atoms with Gasteiger partial charge in [-0.1, -0.05) is 11.6 Å². The molecule has 1 aromatic carbocycles. The zero-order valence-corrected chi connectivity index (χ0v) is 13.0. The zero-order chi connectivity index (χ0) is 17.1. The van der Waals surface area contributed by atoms with Crippen molar-refractivity contribution in [2.75, 3.05) is 30.0 Å². The van der Waals surface area contributed by atoms with Crippen molar-refractivity contribution < 1.29 is 13.9 Å². The van der Waals surface area contributed by atoms with Crippen LogP contribution < -0.4 is 10.2 Å². The summed E-state index contributed by atoms with van der Waals surface area (Å²) in [5, 5.41) is 11.4. The summed E-state index contributed by atoms with van der Waals surface area (Å²) in [4.78, 5) is 21.0. The second-order valence-electron chi connectivity index (χ2n) is 4.90. The molecular weight excluding hydrogens is 337 g/mol. The van der Waals surface area contributed by atoms with E-state index in [1.54, 1.807) is 6.07 Å². The van der Waals surface area contributed by atoms with Crippen LogP contribution in [0.15, 0.2) is 24.4 Å². The Morgan fingerprint density at radius 1 is 1.46 bits per heavy atom. The van der Waals surface area contributed by atoms with Crippen molar-refractivity contribution in [2.24, 2.45) is 0 Å². The molecule has 3 rings (SSSR count). The van der Waals surface area contributed by atoms with Gasteiger partial charge in [-0.05, 0) is 18.2 Å². The first-order valence-electron chi connectivity index (χ1n) is 6.96. The minimum atomic E-state index is -0.573.